The first-order valence-electron chi connectivity index (χ1n) is 9.05. The molecule has 144 valence electrons. The average molecular weight is 388 g/mol. The van der Waals surface area contributed by atoms with Crippen molar-refractivity contribution in [2.24, 2.45) is 0 Å². The molecule has 1 atom stereocenters. The summed E-state index contributed by atoms with van der Waals surface area (Å²) < 4.78 is 5.05. The summed E-state index contributed by atoms with van der Waals surface area (Å²) in [5.74, 6) is 0.725. The molecule has 0 aromatic carbocycles. The number of pyridine rings is 1. The largest absolute Gasteiger partial charge is 0.481 e. The molecule has 0 unspecified atom stereocenters. The predicted molar refractivity (Wildman–Crippen MR) is 103 cm³/mol. The highest BCUT2D eigenvalue weighted by Gasteiger charge is 2.27. The fourth-order valence-corrected chi connectivity index (χ4v) is 4.15. The number of piperidine rings is 1. The SMILES string of the molecule is COc1ccc(C(=O)N2CCC[C@H](c3nc(CCNC(C)=O)cs3)C2)cn1. The number of nitrogens with zero attached hydrogens (tertiary/aromatic N) is 3. The maximum absolute atomic E-state index is 12.8. The maximum atomic E-state index is 12.8. The Morgan fingerprint density at radius 2 is 2.26 bits per heavy atom. The van der Waals surface area contributed by atoms with Crippen molar-refractivity contribution in [3.63, 3.8) is 0 Å². The van der Waals surface area contributed by atoms with E-state index >= 15 is 0 Å². The molecule has 2 aromatic heterocycles. The molecule has 0 radical (unpaired) electrons. The van der Waals surface area contributed by atoms with Gasteiger partial charge in [-0.2, -0.15) is 0 Å². The first-order chi connectivity index (χ1) is 13.1. The molecule has 1 aliphatic heterocycles. The van der Waals surface area contributed by atoms with Gasteiger partial charge in [-0.1, -0.05) is 0 Å². The molecule has 2 amide bonds. The number of likely N-dealkylation sites (tertiary alicyclic amines) is 1. The van der Waals surface area contributed by atoms with Gasteiger partial charge in [0, 0.05) is 56.5 Å². The van der Waals surface area contributed by atoms with Gasteiger partial charge in [-0.15, -0.1) is 11.3 Å². The summed E-state index contributed by atoms with van der Waals surface area (Å²) in [5.41, 5.74) is 1.57. The highest BCUT2D eigenvalue weighted by atomic mass is 32.1. The van der Waals surface area contributed by atoms with Crippen molar-refractivity contribution in [2.45, 2.75) is 32.1 Å². The molecule has 0 bridgehead atoms. The summed E-state index contributed by atoms with van der Waals surface area (Å²) in [6, 6.07) is 3.46. The molecule has 1 aliphatic rings. The zero-order valence-electron chi connectivity index (χ0n) is 15.6. The van der Waals surface area contributed by atoms with Crippen LogP contribution in [0, 0.1) is 0 Å². The lowest BCUT2D eigenvalue weighted by Gasteiger charge is -2.31. The Morgan fingerprint density at radius 3 is 2.96 bits per heavy atom. The average Bonchev–Trinajstić information content (AvgIpc) is 3.16. The summed E-state index contributed by atoms with van der Waals surface area (Å²) in [4.78, 5) is 34.5. The fourth-order valence-electron chi connectivity index (χ4n) is 3.16. The normalized spacial score (nSPS) is 16.8. The highest BCUT2D eigenvalue weighted by molar-refractivity contribution is 7.09. The Hall–Kier alpha value is -2.48. The minimum absolute atomic E-state index is 0.00251. The van der Waals surface area contributed by atoms with Crippen LogP contribution in [0.15, 0.2) is 23.7 Å². The number of methoxy groups -OCH3 is 1. The predicted octanol–water partition coefficient (Wildman–Crippen LogP) is 2.25. The van der Waals surface area contributed by atoms with Gasteiger partial charge in [-0.3, -0.25) is 9.59 Å². The van der Waals surface area contributed by atoms with E-state index < -0.39 is 0 Å². The van der Waals surface area contributed by atoms with Gasteiger partial charge >= 0.3 is 0 Å². The van der Waals surface area contributed by atoms with Crippen molar-refractivity contribution < 1.29 is 14.3 Å². The van der Waals surface area contributed by atoms with Crippen LogP contribution in [-0.4, -0.2) is 53.4 Å². The van der Waals surface area contributed by atoms with Crippen LogP contribution in [0.2, 0.25) is 0 Å². The molecule has 0 spiro atoms. The third-order valence-corrected chi connectivity index (χ3v) is 5.63. The molecule has 1 saturated heterocycles. The number of amides is 2. The minimum atomic E-state index is -0.0279. The van der Waals surface area contributed by atoms with Crippen LogP contribution < -0.4 is 10.1 Å². The van der Waals surface area contributed by atoms with E-state index in [1.165, 1.54) is 6.92 Å². The molecule has 27 heavy (non-hydrogen) atoms. The monoisotopic (exact) mass is 388 g/mol. The number of ether oxygens (including phenoxy) is 1. The maximum Gasteiger partial charge on any atom is 0.255 e. The number of nitrogens with one attached hydrogen (secondary N) is 1. The number of thiazole rings is 1. The number of carbonyl (C=O) groups is 2. The van der Waals surface area contributed by atoms with Crippen LogP contribution in [0.5, 0.6) is 5.88 Å². The van der Waals surface area contributed by atoms with Crippen LogP contribution in [0.4, 0.5) is 0 Å². The van der Waals surface area contributed by atoms with Gasteiger partial charge in [-0.25, -0.2) is 9.97 Å². The van der Waals surface area contributed by atoms with E-state index in [-0.39, 0.29) is 17.7 Å². The quantitative estimate of drug-likeness (QED) is 0.820. The lowest BCUT2D eigenvalue weighted by atomic mass is 9.98. The Kier molecular flexibility index (Phi) is 6.39. The molecule has 0 aliphatic carbocycles. The van der Waals surface area contributed by atoms with Gasteiger partial charge in [0.05, 0.1) is 23.4 Å². The van der Waals surface area contributed by atoms with E-state index in [4.69, 9.17) is 9.72 Å². The third-order valence-electron chi connectivity index (χ3n) is 4.57. The molecule has 2 aromatic rings. The van der Waals surface area contributed by atoms with Gasteiger partial charge in [-0.05, 0) is 18.9 Å². The molecule has 7 nitrogen and oxygen atoms in total. The lowest BCUT2D eigenvalue weighted by molar-refractivity contribution is -0.118. The highest BCUT2D eigenvalue weighted by Crippen LogP contribution is 2.30. The van der Waals surface area contributed by atoms with Crippen molar-refractivity contribution in [1.82, 2.24) is 20.2 Å². The first-order valence-corrected chi connectivity index (χ1v) is 9.93. The number of hydrogen-bond donors (Lipinski definition) is 1. The van der Waals surface area contributed by atoms with Crippen LogP contribution in [-0.2, 0) is 11.2 Å². The van der Waals surface area contributed by atoms with Crippen LogP contribution in [0.3, 0.4) is 0 Å². The lowest BCUT2D eigenvalue weighted by Crippen LogP contribution is -2.39. The van der Waals surface area contributed by atoms with E-state index in [0.717, 1.165) is 36.5 Å². The second-order valence-corrected chi connectivity index (χ2v) is 7.48. The Bertz CT molecular complexity index is 791. The molecular formula is C19H24N4O3S. The van der Waals surface area contributed by atoms with Gasteiger partial charge in [0.1, 0.15) is 0 Å². The van der Waals surface area contributed by atoms with Crippen LogP contribution >= 0.6 is 11.3 Å². The van der Waals surface area contributed by atoms with Crippen molar-refractivity contribution >= 4 is 23.2 Å². The smallest absolute Gasteiger partial charge is 0.255 e. The first kappa shape index (κ1) is 19.3. The van der Waals surface area contributed by atoms with Gasteiger partial charge in [0.2, 0.25) is 11.8 Å². The number of hydrogen-bond acceptors (Lipinski definition) is 6. The van der Waals surface area contributed by atoms with Gasteiger partial charge in [0.15, 0.2) is 0 Å². The number of carbonyl (C=O) groups excluding carboxylic acids is 2. The summed E-state index contributed by atoms with van der Waals surface area (Å²) in [7, 11) is 1.55. The Morgan fingerprint density at radius 1 is 1.41 bits per heavy atom. The summed E-state index contributed by atoms with van der Waals surface area (Å²) in [5, 5.41) is 5.90. The van der Waals surface area contributed by atoms with Gasteiger partial charge in [0.25, 0.3) is 5.91 Å². The van der Waals surface area contributed by atoms with Crippen molar-refractivity contribution in [3.05, 3.63) is 40.0 Å². The number of aromatic nitrogens is 2. The Balaban J connectivity index is 1.61. The van der Waals surface area contributed by atoms with E-state index in [2.05, 4.69) is 10.3 Å². The topological polar surface area (TPSA) is 84.4 Å². The summed E-state index contributed by atoms with van der Waals surface area (Å²) in [6.07, 6.45) is 4.28. The minimum Gasteiger partial charge on any atom is -0.481 e. The van der Waals surface area contributed by atoms with Gasteiger partial charge < -0.3 is 15.0 Å². The van der Waals surface area contributed by atoms with E-state index in [1.807, 2.05) is 10.3 Å². The molecule has 1 fully saturated rings. The molecule has 3 heterocycles. The van der Waals surface area contributed by atoms with Crippen LogP contribution in [0.1, 0.15) is 46.7 Å². The molecule has 3 rings (SSSR count). The second-order valence-electron chi connectivity index (χ2n) is 6.59. The van der Waals surface area contributed by atoms with E-state index in [9.17, 15) is 9.59 Å². The standard InChI is InChI=1S/C19H24N4O3S/c1-13(24)20-8-7-16-12-27-18(22-16)15-4-3-9-23(11-15)19(25)14-5-6-17(26-2)21-10-14/h5-6,10,12,15H,3-4,7-9,11H2,1-2H3,(H,20,24)/t15-/m0/s1. The van der Waals surface area contributed by atoms with E-state index in [0.29, 0.717) is 24.5 Å². The number of rotatable bonds is 6. The molecular weight excluding hydrogens is 364 g/mol. The Labute approximate surface area is 162 Å². The molecule has 1 N–H and O–H groups in total. The zero-order chi connectivity index (χ0) is 19.2. The fraction of sp³-hybridized carbons (Fsp3) is 0.474. The summed E-state index contributed by atoms with van der Waals surface area (Å²) in [6.45, 7) is 3.53. The third kappa shape index (κ3) is 5.03. The summed E-state index contributed by atoms with van der Waals surface area (Å²) >= 11 is 1.64. The van der Waals surface area contributed by atoms with Crippen molar-refractivity contribution in [1.29, 1.82) is 0 Å². The van der Waals surface area contributed by atoms with Crippen molar-refractivity contribution in [3.8, 4) is 5.88 Å². The molecule has 0 saturated carbocycles. The molecule has 8 heteroatoms. The van der Waals surface area contributed by atoms with Crippen LogP contribution in [0.25, 0.3) is 0 Å². The van der Waals surface area contributed by atoms with E-state index in [1.54, 1.807) is 36.8 Å². The van der Waals surface area contributed by atoms with Crippen molar-refractivity contribution in [2.75, 3.05) is 26.7 Å². The second kappa shape index (κ2) is 8.94. The zero-order valence-corrected chi connectivity index (χ0v) is 16.4.